The van der Waals surface area contributed by atoms with Gasteiger partial charge in [-0.05, 0) is 0 Å². The Kier molecular flexibility index (Phi) is 5.06. The first-order chi connectivity index (χ1) is 6.34. The largest absolute Gasteiger partial charge is 0.481 e. The molecule has 0 aromatic heterocycles. The highest BCUT2D eigenvalue weighted by atomic mass is 16.4. The highest BCUT2D eigenvalue weighted by Gasteiger charge is 2.25. The van der Waals surface area contributed by atoms with Crippen LogP contribution in [0.5, 0.6) is 0 Å². The van der Waals surface area contributed by atoms with Crippen LogP contribution >= 0.6 is 0 Å². The van der Waals surface area contributed by atoms with E-state index in [9.17, 15) is 9.59 Å². The molecule has 0 aliphatic rings. The molecular weight excluding hydrogens is 196 g/mol. The molecule has 3 unspecified atom stereocenters. The molecular formula is C7H12O7. The number of aliphatic carboxylic acids is 2. The van der Waals surface area contributed by atoms with E-state index in [0.717, 1.165) is 0 Å². The molecule has 0 fully saturated rings. The maximum Gasteiger partial charge on any atom is 0.332 e. The van der Waals surface area contributed by atoms with Gasteiger partial charge in [0.15, 0.2) is 6.10 Å². The van der Waals surface area contributed by atoms with Gasteiger partial charge in [0.05, 0.1) is 18.6 Å². The van der Waals surface area contributed by atoms with Gasteiger partial charge in [-0.2, -0.15) is 0 Å². The van der Waals surface area contributed by atoms with E-state index in [-0.39, 0.29) is 0 Å². The smallest absolute Gasteiger partial charge is 0.332 e. The van der Waals surface area contributed by atoms with Gasteiger partial charge in [-0.3, -0.25) is 4.79 Å². The second-order valence-electron chi connectivity index (χ2n) is 2.82. The fraction of sp³-hybridized carbons (Fsp3) is 0.714. The molecule has 0 rings (SSSR count). The average molecular weight is 208 g/mol. The predicted octanol–water partition coefficient (Wildman–Crippen LogP) is -1.98. The lowest BCUT2D eigenvalue weighted by Crippen LogP contribution is -2.34. The number of hydrogen-bond acceptors (Lipinski definition) is 5. The summed E-state index contributed by atoms with van der Waals surface area (Å²) in [6.07, 6.45) is -6.27. The Morgan fingerprint density at radius 2 is 1.50 bits per heavy atom. The van der Waals surface area contributed by atoms with Crippen molar-refractivity contribution in [3.63, 3.8) is 0 Å². The van der Waals surface area contributed by atoms with Crippen LogP contribution in [0.1, 0.15) is 12.8 Å². The molecule has 5 N–H and O–H groups in total. The van der Waals surface area contributed by atoms with E-state index in [1.54, 1.807) is 0 Å². The Hall–Kier alpha value is -1.18. The number of aliphatic hydroxyl groups is 3. The first kappa shape index (κ1) is 12.8. The minimum atomic E-state index is -1.81. The molecule has 0 saturated carbocycles. The topological polar surface area (TPSA) is 135 Å². The fourth-order valence-corrected chi connectivity index (χ4v) is 0.802. The van der Waals surface area contributed by atoms with Crippen LogP contribution in [-0.2, 0) is 9.59 Å². The van der Waals surface area contributed by atoms with Crippen LogP contribution in [0.25, 0.3) is 0 Å². The summed E-state index contributed by atoms with van der Waals surface area (Å²) in [6.45, 7) is 0. The molecule has 0 aromatic carbocycles. The number of aliphatic hydroxyl groups excluding tert-OH is 3. The molecule has 7 nitrogen and oxygen atoms in total. The summed E-state index contributed by atoms with van der Waals surface area (Å²) in [4.78, 5) is 20.2. The Balaban J connectivity index is 4.00. The van der Waals surface area contributed by atoms with E-state index in [2.05, 4.69) is 0 Å². The minimum Gasteiger partial charge on any atom is -0.481 e. The highest BCUT2D eigenvalue weighted by Crippen LogP contribution is 2.06. The summed E-state index contributed by atoms with van der Waals surface area (Å²) >= 11 is 0. The summed E-state index contributed by atoms with van der Waals surface area (Å²) in [5.74, 6) is -2.85. The summed E-state index contributed by atoms with van der Waals surface area (Å²) in [5.41, 5.74) is 0. The monoisotopic (exact) mass is 208 g/mol. The summed E-state index contributed by atoms with van der Waals surface area (Å²) in [7, 11) is 0. The van der Waals surface area contributed by atoms with E-state index in [1.807, 2.05) is 0 Å². The standard InChI is InChI=1S/C7H12O7/c8-3(1-5(10)7(13)14)4(9)2-6(11)12/h3-5,8-10H,1-2H2,(H,11,12)(H,13,14). The lowest BCUT2D eigenvalue weighted by Gasteiger charge is -2.17. The SMILES string of the molecule is O=C(O)CC(O)C(O)CC(O)C(=O)O. The number of carbonyl (C=O) groups is 2. The van der Waals surface area contributed by atoms with E-state index in [1.165, 1.54) is 0 Å². The van der Waals surface area contributed by atoms with Gasteiger partial charge in [-0.25, -0.2) is 4.79 Å². The Morgan fingerprint density at radius 3 is 1.86 bits per heavy atom. The second-order valence-corrected chi connectivity index (χ2v) is 2.82. The normalized spacial score (nSPS) is 17.1. The molecule has 0 aliphatic heterocycles. The zero-order valence-electron chi connectivity index (χ0n) is 7.20. The first-order valence-electron chi connectivity index (χ1n) is 3.83. The Bertz CT molecular complexity index is 214. The molecule has 0 aliphatic carbocycles. The minimum absolute atomic E-state index is 0.607. The Labute approximate surface area is 79.2 Å². The van der Waals surface area contributed by atoms with Crippen molar-refractivity contribution in [1.82, 2.24) is 0 Å². The molecule has 7 heteroatoms. The summed E-state index contributed by atoms with van der Waals surface area (Å²) < 4.78 is 0. The van der Waals surface area contributed by atoms with E-state index < -0.39 is 43.1 Å². The number of rotatable bonds is 6. The van der Waals surface area contributed by atoms with Crippen LogP contribution in [0.4, 0.5) is 0 Å². The van der Waals surface area contributed by atoms with Gasteiger partial charge in [0, 0.05) is 6.42 Å². The van der Waals surface area contributed by atoms with E-state index in [4.69, 9.17) is 25.5 Å². The van der Waals surface area contributed by atoms with Crippen LogP contribution in [0.2, 0.25) is 0 Å². The van der Waals surface area contributed by atoms with Crippen molar-refractivity contribution in [2.24, 2.45) is 0 Å². The number of carboxylic acids is 2. The van der Waals surface area contributed by atoms with Crippen molar-refractivity contribution in [1.29, 1.82) is 0 Å². The molecule has 0 heterocycles. The van der Waals surface area contributed by atoms with Crippen molar-refractivity contribution in [3.8, 4) is 0 Å². The molecule has 0 spiro atoms. The zero-order valence-corrected chi connectivity index (χ0v) is 7.20. The lowest BCUT2D eigenvalue weighted by atomic mass is 10.0. The van der Waals surface area contributed by atoms with Crippen LogP contribution < -0.4 is 0 Å². The Morgan fingerprint density at radius 1 is 1.00 bits per heavy atom. The molecule has 0 radical (unpaired) electrons. The molecule has 0 aromatic rings. The third-order valence-corrected chi connectivity index (χ3v) is 1.58. The molecule has 82 valence electrons. The summed E-state index contributed by atoms with van der Waals surface area (Å²) in [6, 6.07) is 0. The average Bonchev–Trinajstić information content (AvgIpc) is 2.02. The van der Waals surface area contributed by atoms with E-state index >= 15 is 0 Å². The molecule has 0 saturated heterocycles. The molecule has 0 bridgehead atoms. The van der Waals surface area contributed by atoms with Crippen LogP contribution in [0.3, 0.4) is 0 Å². The van der Waals surface area contributed by atoms with Crippen molar-refractivity contribution < 1.29 is 35.1 Å². The van der Waals surface area contributed by atoms with Crippen molar-refractivity contribution in [2.45, 2.75) is 31.2 Å². The van der Waals surface area contributed by atoms with E-state index in [0.29, 0.717) is 0 Å². The predicted molar refractivity (Wildman–Crippen MR) is 42.5 cm³/mol. The van der Waals surface area contributed by atoms with Crippen molar-refractivity contribution in [3.05, 3.63) is 0 Å². The number of hydrogen-bond donors (Lipinski definition) is 5. The quantitative estimate of drug-likeness (QED) is 0.341. The highest BCUT2D eigenvalue weighted by molar-refractivity contribution is 5.72. The maximum absolute atomic E-state index is 10.1. The molecule has 3 atom stereocenters. The van der Waals surface area contributed by atoms with Gasteiger partial charge in [0.1, 0.15) is 0 Å². The van der Waals surface area contributed by atoms with Gasteiger partial charge in [-0.1, -0.05) is 0 Å². The third-order valence-electron chi connectivity index (χ3n) is 1.58. The van der Waals surface area contributed by atoms with Gasteiger partial charge in [-0.15, -0.1) is 0 Å². The zero-order chi connectivity index (χ0) is 11.3. The van der Waals surface area contributed by atoms with Crippen LogP contribution in [-0.4, -0.2) is 55.8 Å². The fourth-order valence-electron chi connectivity index (χ4n) is 0.802. The maximum atomic E-state index is 10.1. The molecule has 14 heavy (non-hydrogen) atoms. The molecule has 0 amide bonds. The van der Waals surface area contributed by atoms with Crippen molar-refractivity contribution in [2.75, 3.05) is 0 Å². The lowest BCUT2D eigenvalue weighted by molar-refractivity contribution is -0.149. The van der Waals surface area contributed by atoms with Crippen molar-refractivity contribution >= 4 is 11.9 Å². The summed E-state index contributed by atoms with van der Waals surface area (Å²) in [5, 5.41) is 43.3. The number of carboxylic acid groups (broad SMARTS) is 2. The first-order valence-corrected chi connectivity index (χ1v) is 3.83. The third kappa shape index (κ3) is 4.75. The second kappa shape index (κ2) is 5.53. The van der Waals surface area contributed by atoms with Gasteiger partial charge >= 0.3 is 11.9 Å². The van der Waals surface area contributed by atoms with Gasteiger partial charge in [0.2, 0.25) is 0 Å². The van der Waals surface area contributed by atoms with Gasteiger partial charge < -0.3 is 25.5 Å². The van der Waals surface area contributed by atoms with Crippen LogP contribution in [0, 0.1) is 0 Å². The van der Waals surface area contributed by atoms with Crippen LogP contribution in [0.15, 0.2) is 0 Å². The van der Waals surface area contributed by atoms with Gasteiger partial charge in [0.25, 0.3) is 0 Å².